The second kappa shape index (κ2) is 19.8. The molecule has 0 aliphatic heterocycles. The number of guanidine groups is 1. The van der Waals surface area contributed by atoms with Gasteiger partial charge >= 0.3 is 12.0 Å². The van der Waals surface area contributed by atoms with Crippen molar-refractivity contribution in [2.24, 2.45) is 16.5 Å². The number of aliphatic imine (C=N–C) groups is 1. The van der Waals surface area contributed by atoms with Crippen LogP contribution < -0.4 is 32.7 Å². The van der Waals surface area contributed by atoms with Crippen molar-refractivity contribution in [1.29, 1.82) is 0 Å². The van der Waals surface area contributed by atoms with E-state index in [4.69, 9.17) is 11.5 Å². The van der Waals surface area contributed by atoms with Crippen molar-refractivity contribution in [1.82, 2.24) is 21.3 Å². The van der Waals surface area contributed by atoms with Crippen LogP contribution in [0.2, 0.25) is 0 Å². The molecule has 0 aliphatic carbocycles. The van der Waals surface area contributed by atoms with Gasteiger partial charge in [-0.15, -0.1) is 0 Å². The van der Waals surface area contributed by atoms with Gasteiger partial charge in [-0.25, -0.2) is 9.59 Å². The molecule has 4 unspecified atom stereocenters. The number of hydrogen-bond acceptors (Lipinski definition) is 7. The van der Waals surface area contributed by atoms with E-state index in [1.807, 2.05) is 36.6 Å². The molecule has 4 amide bonds. The second-order valence-corrected chi connectivity index (χ2v) is 11.1. The molecule has 0 aliphatic rings. The molecule has 0 bridgehead atoms. The predicted octanol–water partition coefficient (Wildman–Crippen LogP) is 0.361. The van der Waals surface area contributed by atoms with Gasteiger partial charge in [-0.05, 0) is 48.8 Å². The third-order valence-corrected chi connectivity index (χ3v) is 7.23. The van der Waals surface area contributed by atoms with Crippen molar-refractivity contribution in [3.05, 3.63) is 71.8 Å². The lowest BCUT2D eigenvalue weighted by Gasteiger charge is -2.25. The molecule has 4 atom stereocenters. The Hall–Kier alpha value is -4.30. The smallest absolute Gasteiger partial charge is 0.326 e. The first-order valence-electron chi connectivity index (χ1n) is 14.3. The van der Waals surface area contributed by atoms with Gasteiger partial charge in [0.1, 0.15) is 18.1 Å². The number of urea groups is 1. The van der Waals surface area contributed by atoms with Crippen LogP contribution in [0.15, 0.2) is 65.7 Å². The van der Waals surface area contributed by atoms with Crippen molar-refractivity contribution >= 4 is 41.5 Å². The minimum Gasteiger partial charge on any atom is -0.480 e. The van der Waals surface area contributed by atoms with E-state index < -0.39 is 48.0 Å². The summed E-state index contributed by atoms with van der Waals surface area (Å²) in [5.41, 5.74) is 12.4. The van der Waals surface area contributed by atoms with Crippen LogP contribution in [-0.2, 0) is 27.2 Å². The molecule has 13 nitrogen and oxygen atoms in total. The Morgan fingerprint density at radius 1 is 0.795 bits per heavy atom. The van der Waals surface area contributed by atoms with Gasteiger partial charge in [0, 0.05) is 13.0 Å². The SMILES string of the molecule is CSCCC(NC(=O)C(CCCN=C(N)N)NC(=O)NC(Cc1ccccc1)C(=O)O)C(=O)NC(CO)Cc1ccccc1. The number of benzene rings is 2. The summed E-state index contributed by atoms with van der Waals surface area (Å²) in [5, 5.41) is 30.1. The maximum absolute atomic E-state index is 13.5. The average molecular weight is 630 g/mol. The van der Waals surface area contributed by atoms with E-state index >= 15 is 0 Å². The highest BCUT2D eigenvalue weighted by atomic mass is 32.2. The zero-order chi connectivity index (χ0) is 32.3. The predicted molar refractivity (Wildman–Crippen MR) is 171 cm³/mol. The fraction of sp³-hybridized carbons (Fsp3) is 0.433. The second-order valence-electron chi connectivity index (χ2n) is 10.1. The van der Waals surface area contributed by atoms with Crippen LogP contribution in [0.4, 0.5) is 4.79 Å². The summed E-state index contributed by atoms with van der Waals surface area (Å²) < 4.78 is 0. The quantitative estimate of drug-likeness (QED) is 0.0610. The Kier molecular flexibility index (Phi) is 16.2. The standard InChI is InChI=1S/C30H43N7O6S/c1-44-16-14-24(26(39)34-22(19-38)17-20-9-4-2-5-10-20)35-27(40)23(13-8-15-33-29(31)32)36-30(43)37-25(28(41)42)18-21-11-6-3-7-12-21/h2-7,9-12,22-25,38H,8,13-19H2,1H3,(H,34,39)(H,35,40)(H,41,42)(H4,31,32,33)(H2,36,37,43). The molecule has 0 radical (unpaired) electrons. The molecular weight excluding hydrogens is 586 g/mol. The molecule has 240 valence electrons. The largest absolute Gasteiger partial charge is 0.480 e. The molecule has 0 spiro atoms. The van der Waals surface area contributed by atoms with Gasteiger partial charge < -0.3 is 42.9 Å². The van der Waals surface area contributed by atoms with Crippen molar-refractivity contribution in [2.75, 3.05) is 25.2 Å². The van der Waals surface area contributed by atoms with E-state index in [1.165, 1.54) is 11.8 Å². The maximum atomic E-state index is 13.5. The number of carboxylic acid groups (broad SMARTS) is 1. The van der Waals surface area contributed by atoms with Crippen LogP contribution in [0.1, 0.15) is 30.4 Å². The summed E-state index contributed by atoms with van der Waals surface area (Å²) in [4.78, 5) is 55.4. The van der Waals surface area contributed by atoms with Gasteiger partial charge in [-0.2, -0.15) is 11.8 Å². The van der Waals surface area contributed by atoms with E-state index in [9.17, 15) is 29.4 Å². The third-order valence-electron chi connectivity index (χ3n) is 6.59. The Labute approximate surface area is 261 Å². The molecule has 2 rings (SSSR count). The van der Waals surface area contributed by atoms with Crippen LogP contribution in [0.3, 0.4) is 0 Å². The van der Waals surface area contributed by atoms with Gasteiger partial charge in [0.25, 0.3) is 0 Å². The summed E-state index contributed by atoms with van der Waals surface area (Å²) in [6.07, 6.45) is 3.03. The monoisotopic (exact) mass is 629 g/mol. The van der Waals surface area contributed by atoms with Gasteiger partial charge in [-0.3, -0.25) is 14.6 Å². The number of carboxylic acids is 1. The average Bonchev–Trinajstić information content (AvgIpc) is 3.00. The summed E-state index contributed by atoms with van der Waals surface area (Å²) in [6.45, 7) is -0.109. The number of rotatable bonds is 19. The van der Waals surface area contributed by atoms with Crippen LogP contribution in [-0.4, -0.2) is 89.3 Å². The number of nitrogens with one attached hydrogen (secondary N) is 4. The van der Waals surface area contributed by atoms with E-state index in [0.717, 1.165) is 5.56 Å². The fourth-order valence-electron chi connectivity index (χ4n) is 4.32. The number of thioether (sulfide) groups is 1. The Morgan fingerprint density at radius 3 is 1.89 bits per heavy atom. The maximum Gasteiger partial charge on any atom is 0.326 e. The van der Waals surface area contributed by atoms with E-state index in [0.29, 0.717) is 30.6 Å². The Balaban J connectivity index is 2.14. The zero-order valence-electron chi connectivity index (χ0n) is 24.8. The zero-order valence-corrected chi connectivity index (χ0v) is 25.6. The molecule has 0 aromatic heterocycles. The van der Waals surface area contributed by atoms with Gasteiger partial charge in [-0.1, -0.05) is 60.7 Å². The number of hydrogen-bond donors (Lipinski definition) is 8. The third kappa shape index (κ3) is 13.8. The van der Waals surface area contributed by atoms with Gasteiger partial charge in [0.05, 0.1) is 12.6 Å². The summed E-state index contributed by atoms with van der Waals surface area (Å²) >= 11 is 1.50. The number of amides is 4. The van der Waals surface area contributed by atoms with Crippen LogP contribution >= 0.6 is 11.8 Å². The van der Waals surface area contributed by atoms with Crippen LogP contribution in [0.5, 0.6) is 0 Å². The van der Waals surface area contributed by atoms with Crippen LogP contribution in [0.25, 0.3) is 0 Å². The van der Waals surface area contributed by atoms with Crippen molar-refractivity contribution in [3.63, 3.8) is 0 Å². The van der Waals surface area contributed by atoms with E-state index in [2.05, 4.69) is 26.3 Å². The lowest BCUT2D eigenvalue weighted by molar-refractivity contribution is -0.139. The number of carbonyl (C=O) groups is 4. The lowest BCUT2D eigenvalue weighted by Crippen LogP contribution is -2.57. The van der Waals surface area contributed by atoms with Crippen molar-refractivity contribution in [3.8, 4) is 0 Å². The van der Waals surface area contributed by atoms with Crippen molar-refractivity contribution < 1.29 is 29.4 Å². The summed E-state index contributed by atoms with van der Waals surface area (Å²) in [7, 11) is 0. The first-order valence-corrected chi connectivity index (χ1v) is 15.7. The molecule has 14 heteroatoms. The number of nitrogens with two attached hydrogens (primary N) is 2. The molecule has 2 aromatic carbocycles. The fourth-order valence-corrected chi connectivity index (χ4v) is 4.79. The molecule has 0 saturated carbocycles. The summed E-state index contributed by atoms with van der Waals surface area (Å²) in [5.74, 6) is -1.90. The molecule has 44 heavy (non-hydrogen) atoms. The normalized spacial score (nSPS) is 13.4. The Bertz CT molecular complexity index is 1210. The minimum absolute atomic E-state index is 0.0386. The number of carbonyl (C=O) groups excluding carboxylic acids is 3. The minimum atomic E-state index is -1.25. The molecule has 10 N–H and O–H groups in total. The van der Waals surface area contributed by atoms with Gasteiger partial charge in [0.15, 0.2) is 5.96 Å². The highest BCUT2D eigenvalue weighted by molar-refractivity contribution is 7.98. The molecule has 2 aromatic rings. The van der Waals surface area contributed by atoms with Crippen molar-refractivity contribution in [2.45, 2.75) is 56.3 Å². The number of aliphatic carboxylic acids is 1. The molecular formula is C30H43N7O6S. The highest BCUT2D eigenvalue weighted by Crippen LogP contribution is 2.08. The molecule has 0 fully saturated rings. The highest BCUT2D eigenvalue weighted by Gasteiger charge is 2.29. The topological polar surface area (TPSA) is 221 Å². The summed E-state index contributed by atoms with van der Waals surface area (Å²) in [6, 6.07) is 13.4. The molecule has 0 heterocycles. The van der Waals surface area contributed by atoms with Crippen LogP contribution in [0, 0.1) is 0 Å². The number of nitrogens with zero attached hydrogens (tertiary/aromatic N) is 1. The van der Waals surface area contributed by atoms with Gasteiger partial charge in [0.2, 0.25) is 11.8 Å². The lowest BCUT2D eigenvalue weighted by atomic mass is 10.1. The number of aliphatic hydroxyl groups is 1. The Morgan fingerprint density at radius 2 is 1.34 bits per heavy atom. The van der Waals surface area contributed by atoms with E-state index in [-0.39, 0.29) is 32.0 Å². The first-order chi connectivity index (χ1) is 21.1. The first kappa shape index (κ1) is 35.9. The molecule has 0 saturated heterocycles. The van der Waals surface area contributed by atoms with E-state index in [1.54, 1.807) is 30.3 Å². The number of aliphatic hydroxyl groups excluding tert-OH is 1.